The van der Waals surface area contributed by atoms with E-state index in [1.807, 2.05) is 0 Å². The zero-order valence-corrected chi connectivity index (χ0v) is 17.2. The maximum absolute atomic E-state index is 12.7. The number of nitrogens with one attached hydrogen (secondary N) is 1. The van der Waals surface area contributed by atoms with E-state index in [0.717, 1.165) is 39.0 Å². The Hall–Kier alpha value is -1.74. The molecule has 0 saturated carbocycles. The van der Waals surface area contributed by atoms with Crippen LogP contribution in [0.2, 0.25) is 0 Å². The Labute approximate surface area is 177 Å². The number of nitrogen functional groups attached to an aromatic ring is 1. The summed E-state index contributed by atoms with van der Waals surface area (Å²) in [6.07, 6.45) is 0.648. The van der Waals surface area contributed by atoms with Gasteiger partial charge in [0.25, 0.3) is 12.0 Å². The Morgan fingerprint density at radius 3 is 2.29 bits per heavy atom. The van der Waals surface area contributed by atoms with Crippen LogP contribution in [0.3, 0.4) is 0 Å². The number of carboxylic acid groups (broad SMARTS) is 1. The third-order valence-corrected chi connectivity index (χ3v) is 5.06. The number of halogens is 2. The van der Waals surface area contributed by atoms with Crippen molar-refractivity contribution in [3.63, 3.8) is 0 Å². The number of hydrogen-bond acceptors (Lipinski definition) is 6. The normalized spacial score (nSPS) is 19.1. The Balaban J connectivity index is 0.00000196. The van der Waals surface area contributed by atoms with Crippen LogP contribution in [0.25, 0.3) is 0 Å². The molecule has 0 aliphatic carbocycles. The third-order valence-electron chi connectivity index (χ3n) is 5.06. The van der Waals surface area contributed by atoms with Crippen molar-refractivity contribution in [3.8, 4) is 5.75 Å². The van der Waals surface area contributed by atoms with Gasteiger partial charge in [0.2, 0.25) is 0 Å². The monoisotopic (exact) mass is 434 g/mol. The van der Waals surface area contributed by atoms with Crippen LogP contribution in [0.1, 0.15) is 12.8 Å². The minimum atomic E-state index is -1.58. The highest BCUT2D eigenvalue weighted by Gasteiger charge is 2.35. The van der Waals surface area contributed by atoms with E-state index < -0.39 is 18.0 Å². The average Bonchev–Trinajstić information content (AvgIpc) is 2.67. The van der Waals surface area contributed by atoms with E-state index in [-0.39, 0.29) is 30.6 Å². The van der Waals surface area contributed by atoms with Crippen molar-refractivity contribution in [1.29, 1.82) is 0 Å². The molecule has 2 aliphatic heterocycles. The third kappa shape index (κ3) is 5.88. The second kappa shape index (κ2) is 11.3. The number of piperazine rings is 1. The molecule has 2 aliphatic rings. The molecule has 2 fully saturated rings. The SMILES string of the molecule is Cl.Cl.Nc1ccccc1OC(C(=O)O)C(=O)N1CCN(C2CCNCC2)CC1. The van der Waals surface area contributed by atoms with Gasteiger partial charge < -0.3 is 25.8 Å². The molecule has 3 rings (SSSR count). The van der Waals surface area contributed by atoms with E-state index in [1.54, 1.807) is 29.2 Å². The fourth-order valence-corrected chi connectivity index (χ4v) is 3.57. The standard InChI is InChI=1S/C18H26N4O4.2ClH/c19-14-3-1-2-4-15(14)26-16(18(24)25)17(23)22-11-9-21(10-12-22)13-5-7-20-8-6-13;;/h1-4,13,16,20H,5-12,19H2,(H,24,25);2*1H. The molecule has 0 spiro atoms. The Kier molecular flexibility index (Phi) is 9.81. The van der Waals surface area contributed by atoms with E-state index in [2.05, 4.69) is 10.2 Å². The molecule has 1 aromatic rings. The molecule has 4 N–H and O–H groups in total. The van der Waals surface area contributed by atoms with Crippen LogP contribution >= 0.6 is 24.8 Å². The Morgan fingerprint density at radius 1 is 1.11 bits per heavy atom. The average molecular weight is 435 g/mol. The Morgan fingerprint density at radius 2 is 1.71 bits per heavy atom. The number of amides is 1. The largest absolute Gasteiger partial charge is 0.478 e. The highest BCUT2D eigenvalue weighted by molar-refractivity contribution is 6.00. The number of benzene rings is 1. The van der Waals surface area contributed by atoms with Crippen LogP contribution in [0.4, 0.5) is 5.69 Å². The summed E-state index contributed by atoms with van der Waals surface area (Å²) in [7, 11) is 0. The lowest BCUT2D eigenvalue weighted by Gasteiger charge is -2.41. The van der Waals surface area contributed by atoms with Gasteiger partial charge in [0.1, 0.15) is 5.75 Å². The molecule has 0 bridgehead atoms. The molecule has 1 unspecified atom stereocenters. The van der Waals surface area contributed by atoms with Crippen molar-refractivity contribution < 1.29 is 19.4 Å². The molecule has 0 aromatic heterocycles. The Bertz CT molecular complexity index is 650. The molecule has 10 heteroatoms. The van der Waals surface area contributed by atoms with Gasteiger partial charge >= 0.3 is 5.97 Å². The van der Waals surface area contributed by atoms with Crippen LogP contribution < -0.4 is 15.8 Å². The number of anilines is 1. The number of nitrogens with two attached hydrogens (primary N) is 1. The van der Waals surface area contributed by atoms with Crippen molar-refractivity contribution in [2.24, 2.45) is 0 Å². The van der Waals surface area contributed by atoms with E-state index in [9.17, 15) is 14.7 Å². The zero-order valence-electron chi connectivity index (χ0n) is 15.6. The smallest absolute Gasteiger partial charge is 0.354 e. The molecule has 1 amide bonds. The van der Waals surface area contributed by atoms with Crippen LogP contribution in [0.5, 0.6) is 5.75 Å². The summed E-state index contributed by atoms with van der Waals surface area (Å²) in [5, 5.41) is 12.8. The molecule has 0 radical (unpaired) electrons. The number of carbonyl (C=O) groups excluding carboxylic acids is 1. The molecule has 8 nitrogen and oxygen atoms in total. The first-order valence-electron chi connectivity index (χ1n) is 9.04. The highest BCUT2D eigenvalue weighted by Crippen LogP contribution is 2.22. The molecule has 28 heavy (non-hydrogen) atoms. The summed E-state index contributed by atoms with van der Waals surface area (Å²) in [5.41, 5.74) is 6.10. The number of piperidine rings is 1. The molecular weight excluding hydrogens is 407 g/mol. The second-order valence-corrected chi connectivity index (χ2v) is 6.72. The van der Waals surface area contributed by atoms with E-state index in [4.69, 9.17) is 10.5 Å². The lowest BCUT2D eigenvalue weighted by Crippen LogP contribution is -2.57. The fraction of sp³-hybridized carbons (Fsp3) is 0.556. The number of aliphatic carboxylic acids is 1. The van der Waals surface area contributed by atoms with Gasteiger partial charge in [0, 0.05) is 32.2 Å². The van der Waals surface area contributed by atoms with Crippen molar-refractivity contribution >= 4 is 42.4 Å². The predicted molar refractivity (Wildman–Crippen MR) is 111 cm³/mol. The fourth-order valence-electron chi connectivity index (χ4n) is 3.57. The maximum atomic E-state index is 12.7. The molecule has 158 valence electrons. The number of carbonyl (C=O) groups is 2. The van der Waals surface area contributed by atoms with Gasteiger partial charge in [-0.2, -0.15) is 0 Å². The first-order chi connectivity index (χ1) is 12.6. The van der Waals surface area contributed by atoms with E-state index in [0.29, 0.717) is 24.8 Å². The van der Waals surface area contributed by atoms with Crippen LogP contribution in [-0.4, -0.2) is 78.2 Å². The van der Waals surface area contributed by atoms with Crippen molar-refractivity contribution in [1.82, 2.24) is 15.1 Å². The number of carboxylic acids is 1. The maximum Gasteiger partial charge on any atom is 0.354 e. The second-order valence-electron chi connectivity index (χ2n) is 6.72. The van der Waals surface area contributed by atoms with Crippen molar-refractivity contribution in [3.05, 3.63) is 24.3 Å². The highest BCUT2D eigenvalue weighted by atomic mass is 35.5. The minimum Gasteiger partial charge on any atom is -0.478 e. The number of nitrogens with zero attached hydrogens (tertiary/aromatic N) is 2. The van der Waals surface area contributed by atoms with E-state index in [1.165, 1.54) is 0 Å². The van der Waals surface area contributed by atoms with Crippen molar-refractivity contribution in [2.75, 3.05) is 45.0 Å². The minimum absolute atomic E-state index is 0. The molecule has 2 saturated heterocycles. The summed E-state index contributed by atoms with van der Waals surface area (Å²) in [4.78, 5) is 28.2. The quantitative estimate of drug-likeness (QED) is 0.465. The summed E-state index contributed by atoms with van der Waals surface area (Å²) in [6.45, 7) is 4.60. The lowest BCUT2D eigenvalue weighted by atomic mass is 10.0. The van der Waals surface area contributed by atoms with Gasteiger partial charge in [-0.1, -0.05) is 12.1 Å². The number of para-hydroxylation sites is 2. The van der Waals surface area contributed by atoms with Gasteiger partial charge in [-0.3, -0.25) is 9.69 Å². The summed E-state index contributed by atoms with van der Waals surface area (Å²) in [6, 6.07) is 7.13. The molecule has 2 heterocycles. The molecule has 1 aromatic carbocycles. The molecule has 1 atom stereocenters. The van der Waals surface area contributed by atoms with Gasteiger partial charge in [-0.15, -0.1) is 24.8 Å². The predicted octanol–water partition coefficient (Wildman–Crippen LogP) is 0.841. The van der Waals surface area contributed by atoms with Crippen LogP contribution in [0.15, 0.2) is 24.3 Å². The summed E-state index contributed by atoms with van der Waals surface area (Å²) >= 11 is 0. The van der Waals surface area contributed by atoms with Gasteiger partial charge in [-0.25, -0.2) is 4.79 Å². The van der Waals surface area contributed by atoms with Gasteiger partial charge in [-0.05, 0) is 38.1 Å². The number of hydrogen-bond donors (Lipinski definition) is 3. The van der Waals surface area contributed by atoms with Crippen LogP contribution in [-0.2, 0) is 9.59 Å². The number of ether oxygens (including phenoxy) is 1. The van der Waals surface area contributed by atoms with Crippen molar-refractivity contribution in [2.45, 2.75) is 25.0 Å². The van der Waals surface area contributed by atoms with Crippen LogP contribution in [0, 0.1) is 0 Å². The number of rotatable bonds is 5. The zero-order chi connectivity index (χ0) is 18.5. The first-order valence-corrected chi connectivity index (χ1v) is 9.04. The lowest BCUT2D eigenvalue weighted by molar-refractivity contribution is -0.156. The van der Waals surface area contributed by atoms with Gasteiger partial charge in [0.05, 0.1) is 5.69 Å². The molecular formula is C18H28Cl2N4O4. The first kappa shape index (κ1) is 24.3. The topological polar surface area (TPSA) is 108 Å². The summed E-state index contributed by atoms with van der Waals surface area (Å²) in [5.74, 6) is -1.62. The van der Waals surface area contributed by atoms with Gasteiger partial charge in [0.15, 0.2) is 0 Å². The summed E-state index contributed by atoms with van der Waals surface area (Å²) < 4.78 is 5.43. The van der Waals surface area contributed by atoms with E-state index >= 15 is 0 Å².